The zero-order valence-corrected chi connectivity index (χ0v) is 24.6. The standard InChI is InChI=1S/C34H40N4O4/c1-23(2)31-30(37-33(40)29(38(3)4)22-26-13-9-6-10-14-26)34(41)36-28(21-25-11-7-5-8-12-25)32(39)35-20-19-24-15-17-27(42-31)18-16-24/h5-20,23,28-31H,21-22H2,1-4H3,(H,35,39)(H,36,41)(H,37,40)/b20-19+/t28-,29-,30-,31-/m1/s1. The van der Waals surface area contributed by atoms with Crippen LogP contribution in [0.5, 0.6) is 5.75 Å². The van der Waals surface area contributed by atoms with Crippen molar-refractivity contribution in [2.75, 3.05) is 14.1 Å². The third kappa shape index (κ3) is 8.30. The number of fused-ring (bicyclic) bond motifs is 10. The Hall–Kier alpha value is -4.43. The van der Waals surface area contributed by atoms with Crippen LogP contribution in [-0.2, 0) is 27.2 Å². The van der Waals surface area contributed by atoms with Gasteiger partial charge >= 0.3 is 0 Å². The summed E-state index contributed by atoms with van der Waals surface area (Å²) in [5.74, 6) is -0.732. The molecule has 3 aromatic rings. The molecule has 0 radical (unpaired) electrons. The van der Waals surface area contributed by atoms with Crippen molar-refractivity contribution in [3.8, 4) is 5.75 Å². The van der Waals surface area contributed by atoms with Crippen LogP contribution in [0.4, 0.5) is 0 Å². The van der Waals surface area contributed by atoms with E-state index in [1.54, 1.807) is 12.3 Å². The van der Waals surface area contributed by atoms with Crippen LogP contribution >= 0.6 is 0 Å². The number of ether oxygens (including phenoxy) is 1. The predicted molar refractivity (Wildman–Crippen MR) is 165 cm³/mol. The van der Waals surface area contributed by atoms with Crippen LogP contribution in [0, 0.1) is 5.92 Å². The van der Waals surface area contributed by atoms with Crippen molar-refractivity contribution in [2.45, 2.75) is 50.9 Å². The number of hydrogen-bond acceptors (Lipinski definition) is 5. The van der Waals surface area contributed by atoms with Gasteiger partial charge in [0.25, 0.3) is 0 Å². The monoisotopic (exact) mass is 568 g/mol. The first kappa shape index (κ1) is 30.5. The molecule has 3 N–H and O–H groups in total. The maximum absolute atomic E-state index is 14.1. The minimum atomic E-state index is -1.07. The van der Waals surface area contributed by atoms with Gasteiger partial charge in [0.1, 0.15) is 23.9 Å². The molecule has 2 bridgehead atoms. The fourth-order valence-electron chi connectivity index (χ4n) is 4.94. The Bertz CT molecular complexity index is 1360. The van der Waals surface area contributed by atoms with Crippen LogP contribution in [0.1, 0.15) is 30.5 Å². The van der Waals surface area contributed by atoms with Gasteiger partial charge < -0.3 is 20.7 Å². The summed E-state index contributed by atoms with van der Waals surface area (Å²) in [4.78, 5) is 43.1. The van der Waals surface area contributed by atoms with E-state index in [2.05, 4.69) is 16.0 Å². The van der Waals surface area contributed by atoms with E-state index in [4.69, 9.17) is 4.74 Å². The fraction of sp³-hybridized carbons (Fsp3) is 0.324. The quantitative estimate of drug-likeness (QED) is 0.386. The largest absolute Gasteiger partial charge is 0.487 e. The molecule has 0 aliphatic carbocycles. The topological polar surface area (TPSA) is 99.8 Å². The molecule has 0 unspecified atom stereocenters. The highest BCUT2D eigenvalue weighted by atomic mass is 16.5. The zero-order chi connectivity index (χ0) is 30.1. The summed E-state index contributed by atoms with van der Waals surface area (Å²) in [7, 11) is 3.68. The van der Waals surface area contributed by atoms with E-state index in [1.807, 2.05) is 118 Å². The van der Waals surface area contributed by atoms with Gasteiger partial charge in [-0.2, -0.15) is 0 Å². The second-order valence-electron chi connectivity index (χ2n) is 11.1. The minimum absolute atomic E-state index is 0.151. The summed E-state index contributed by atoms with van der Waals surface area (Å²) in [6, 6.07) is 24.1. The van der Waals surface area contributed by atoms with Gasteiger partial charge in [-0.25, -0.2) is 0 Å². The van der Waals surface area contributed by atoms with Crippen LogP contribution in [0.2, 0.25) is 0 Å². The van der Waals surface area contributed by atoms with Gasteiger partial charge in [0.05, 0.1) is 6.04 Å². The smallest absolute Gasteiger partial charge is 0.247 e. The minimum Gasteiger partial charge on any atom is -0.487 e. The van der Waals surface area contributed by atoms with Crippen molar-refractivity contribution in [2.24, 2.45) is 5.92 Å². The van der Waals surface area contributed by atoms with E-state index >= 15 is 0 Å². The number of benzene rings is 3. The molecule has 3 amide bonds. The molecule has 8 nitrogen and oxygen atoms in total. The highest BCUT2D eigenvalue weighted by Gasteiger charge is 2.37. The van der Waals surface area contributed by atoms with Crippen molar-refractivity contribution in [3.63, 3.8) is 0 Å². The first-order chi connectivity index (χ1) is 20.2. The Morgan fingerprint density at radius 3 is 2.10 bits per heavy atom. The molecule has 42 heavy (non-hydrogen) atoms. The highest BCUT2D eigenvalue weighted by molar-refractivity contribution is 5.94. The molecule has 0 spiro atoms. The number of carbonyl (C=O) groups excluding carboxylic acids is 3. The van der Waals surface area contributed by atoms with Crippen molar-refractivity contribution in [3.05, 3.63) is 108 Å². The van der Waals surface area contributed by atoms with Gasteiger partial charge in [-0.05, 0) is 61.3 Å². The lowest BCUT2D eigenvalue weighted by Gasteiger charge is -2.33. The zero-order valence-electron chi connectivity index (χ0n) is 24.6. The van der Waals surface area contributed by atoms with E-state index in [9.17, 15) is 14.4 Å². The fourth-order valence-corrected chi connectivity index (χ4v) is 4.94. The van der Waals surface area contributed by atoms with Crippen LogP contribution in [-0.4, -0.2) is 60.9 Å². The lowest BCUT2D eigenvalue weighted by Crippen LogP contribution is -2.62. The molecular formula is C34H40N4O4. The number of likely N-dealkylation sites (N-methyl/N-ethyl adjacent to an activating group) is 1. The molecule has 2 aliphatic rings. The number of nitrogens with zero attached hydrogens (tertiary/aromatic N) is 1. The van der Waals surface area contributed by atoms with Crippen molar-refractivity contribution in [1.82, 2.24) is 20.9 Å². The lowest BCUT2D eigenvalue weighted by molar-refractivity contribution is -0.136. The third-order valence-corrected chi connectivity index (χ3v) is 7.33. The van der Waals surface area contributed by atoms with Gasteiger partial charge in [0.15, 0.2) is 0 Å². The molecule has 0 fully saturated rings. The number of amides is 3. The molecule has 4 atom stereocenters. The molecule has 3 aromatic carbocycles. The summed E-state index contributed by atoms with van der Waals surface area (Å²) in [6.45, 7) is 3.89. The van der Waals surface area contributed by atoms with Crippen LogP contribution in [0.3, 0.4) is 0 Å². The lowest BCUT2D eigenvalue weighted by atomic mass is 9.96. The maximum Gasteiger partial charge on any atom is 0.247 e. The maximum atomic E-state index is 14.1. The first-order valence-corrected chi connectivity index (χ1v) is 14.3. The summed E-state index contributed by atoms with van der Waals surface area (Å²) in [5.41, 5.74) is 2.78. The van der Waals surface area contributed by atoms with E-state index < -0.39 is 30.1 Å². The molecule has 2 heterocycles. The molecule has 0 aromatic heterocycles. The number of hydrogen-bond donors (Lipinski definition) is 3. The van der Waals surface area contributed by atoms with Gasteiger partial charge in [0.2, 0.25) is 17.7 Å². The average Bonchev–Trinajstić information content (AvgIpc) is 2.98. The summed E-state index contributed by atoms with van der Waals surface area (Å²) < 4.78 is 6.38. The van der Waals surface area contributed by atoms with Crippen LogP contribution < -0.4 is 20.7 Å². The third-order valence-electron chi connectivity index (χ3n) is 7.33. The van der Waals surface area contributed by atoms with Gasteiger partial charge in [0, 0.05) is 12.6 Å². The molecule has 2 aliphatic heterocycles. The number of carbonyl (C=O) groups is 3. The Balaban J connectivity index is 1.69. The molecular weight excluding hydrogens is 528 g/mol. The highest BCUT2D eigenvalue weighted by Crippen LogP contribution is 2.21. The molecule has 220 valence electrons. The molecule has 5 rings (SSSR count). The summed E-state index contributed by atoms with van der Waals surface area (Å²) in [5, 5.41) is 8.74. The normalized spacial score (nSPS) is 20.7. The second-order valence-corrected chi connectivity index (χ2v) is 11.1. The van der Waals surface area contributed by atoms with E-state index in [1.165, 1.54) is 0 Å². The predicted octanol–water partition coefficient (Wildman–Crippen LogP) is 3.58. The van der Waals surface area contributed by atoms with Gasteiger partial charge in [-0.15, -0.1) is 0 Å². The molecule has 0 saturated carbocycles. The Labute approximate surface area is 248 Å². The molecule has 8 heteroatoms. The van der Waals surface area contributed by atoms with Crippen LogP contribution in [0.15, 0.2) is 91.1 Å². The van der Waals surface area contributed by atoms with Gasteiger partial charge in [-0.1, -0.05) is 86.6 Å². The van der Waals surface area contributed by atoms with Crippen molar-refractivity contribution >= 4 is 23.8 Å². The van der Waals surface area contributed by atoms with Crippen molar-refractivity contribution < 1.29 is 19.1 Å². The molecule has 0 saturated heterocycles. The SMILES string of the molecule is CC(C)[C@H]1Oc2ccc(cc2)/C=C/NC(=O)[C@@H](Cc2ccccc2)NC(=O)[C@@H]1NC(=O)[C@@H](Cc1ccccc1)N(C)C. The number of nitrogens with one attached hydrogen (secondary N) is 3. The second kappa shape index (κ2) is 14.5. The summed E-state index contributed by atoms with van der Waals surface area (Å²) in [6.07, 6.45) is 3.39. The van der Waals surface area contributed by atoms with Gasteiger partial charge in [-0.3, -0.25) is 19.3 Å². The Kier molecular flexibility index (Phi) is 10.5. The van der Waals surface area contributed by atoms with Crippen LogP contribution in [0.25, 0.3) is 6.08 Å². The van der Waals surface area contributed by atoms with E-state index in [0.29, 0.717) is 12.2 Å². The summed E-state index contributed by atoms with van der Waals surface area (Å²) >= 11 is 0. The Morgan fingerprint density at radius 1 is 0.881 bits per heavy atom. The number of rotatable bonds is 8. The Morgan fingerprint density at radius 2 is 1.50 bits per heavy atom. The first-order valence-electron chi connectivity index (χ1n) is 14.3. The van der Waals surface area contributed by atoms with Crippen molar-refractivity contribution in [1.29, 1.82) is 0 Å². The van der Waals surface area contributed by atoms with E-state index in [-0.39, 0.29) is 24.2 Å². The average molecular weight is 569 g/mol. The van der Waals surface area contributed by atoms with E-state index in [0.717, 1.165) is 16.7 Å².